The summed E-state index contributed by atoms with van der Waals surface area (Å²) in [6.45, 7) is 4.04. The topological polar surface area (TPSA) is 40.1 Å². The largest absolute Gasteiger partial charge is 0.809 e. The lowest BCUT2D eigenvalue weighted by Gasteiger charge is -2.39. The first-order valence-corrected chi connectivity index (χ1v) is 10.5. The Hall–Kier alpha value is -1.10. The Kier molecular flexibility index (Phi) is 6.65. The van der Waals surface area contributed by atoms with Crippen LogP contribution in [0.25, 0.3) is 0 Å². The number of benzene rings is 2. The van der Waals surface area contributed by atoms with Gasteiger partial charge in [0.05, 0.1) is 0 Å². The summed E-state index contributed by atoms with van der Waals surface area (Å²) in [5, 5.41) is 0. The van der Waals surface area contributed by atoms with E-state index in [1.54, 1.807) is 18.8 Å². The normalized spacial score (nSPS) is 13.0. The van der Waals surface area contributed by atoms with Crippen LogP contribution >= 0.6 is 10.3 Å². The van der Waals surface area contributed by atoms with Crippen LogP contribution in [0.5, 0.6) is 0 Å². The number of hydrogen-bond acceptors (Lipinski definition) is 2. The highest BCUT2D eigenvalue weighted by Gasteiger charge is 1.98. The van der Waals surface area contributed by atoms with Crippen molar-refractivity contribution in [1.82, 2.24) is 0 Å². The van der Waals surface area contributed by atoms with Crippen LogP contribution in [0, 0.1) is 13.8 Å². The van der Waals surface area contributed by atoms with Crippen LogP contribution in [-0.2, 0) is 10.8 Å². The molecule has 0 fully saturated rings. The maximum absolute atomic E-state index is 11.5. The maximum Gasteiger partial charge on any atom is 0.0498 e. The zero-order valence-corrected chi connectivity index (χ0v) is 14.9. The fourth-order valence-electron chi connectivity index (χ4n) is 1.60. The highest BCUT2D eigenvalue weighted by atomic mass is 32.3. The molecular weight excluding hydrogens is 300 g/mol. The van der Waals surface area contributed by atoms with E-state index in [0.717, 1.165) is 9.79 Å². The molecule has 0 bridgehead atoms. The molecule has 1 atom stereocenters. The average molecular weight is 324 g/mol. The van der Waals surface area contributed by atoms with Gasteiger partial charge in [-0.25, -0.2) is 0 Å². The molecule has 2 aromatic carbocycles. The van der Waals surface area contributed by atoms with Crippen LogP contribution in [0.3, 0.4) is 0 Å². The molecule has 0 saturated heterocycles. The molecule has 0 saturated carbocycles. The third kappa shape index (κ3) is 6.46. The quantitative estimate of drug-likeness (QED) is 0.827. The van der Waals surface area contributed by atoms with E-state index in [4.69, 9.17) is 0 Å². The smallest absolute Gasteiger partial charge is 0.0498 e. The minimum atomic E-state index is -1.77. The summed E-state index contributed by atoms with van der Waals surface area (Å²) in [5.74, 6) is 0. The second-order valence-corrected chi connectivity index (χ2v) is 9.63. The fraction of sp³-hybridized carbons (Fsp3) is 0.294. The van der Waals surface area contributed by atoms with Crippen molar-refractivity contribution in [2.75, 3.05) is 18.8 Å². The summed E-state index contributed by atoms with van der Waals surface area (Å²) >= 11 is 0. The van der Waals surface area contributed by atoms with E-state index < -0.39 is 21.1 Å². The molecule has 0 aliphatic carbocycles. The second kappa shape index (κ2) is 7.78. The number of hydrogen-bond donors (Lipinski definition) is 0. The molecule has 0 aliphatic heterocycles. The van der Waals surface area contributed by atoms with E-state index >= 15 is 0 Å². The molecule has 2 nitrogen and oxygen atoms in total. The van der Waals surface area contributed by atoms with Crippen molar-refractivity contribution in [1.29, 1.82) is 0 Å². The average Bonchev–Trinajstić information content (AvgIpc) is 2.39. The van der Waals surface area contributed by atoms with Gasteiger partial charge in [-0.1, -0.05) is 47.5 Å². The van der Waals surface area contributed by atoms with Crippen LogP contribution in [0.1, 0.15) is 11.1 Å². The predicted octanol–water partition coefficient (Wildman–Crippen LogP) is 4.28. The maximum atomic E-state index is 11.5. The van der Waals surface area contributed by atoms with Gasteiger partial charge in [-0.2, -0.15) is 0 Å². The molecular formula is C17H23O2S2-. The minimum Gasteiger partial charge on any atom is -0.809 e. The lowest BCUT2D eigenvalue weighted by Crippen LogP contribution is -1.93. The van der Waals surface area contributed by atoms with Crippen molar-refractivity contribution in [3.05, 3.63) is 59.7 Å². The molecule has 0 N–H and O–H groups in total. The van der Waals surface area contributed by atoms with E-state index in [9.17, 15) is 8.76 Å². The number of aryl methyl sites for hydroxylation is 2. The van der Waals surface area contributed by atoms with Crippen molar-refractivity contribution in [3.8, 4) is 0 Å². The van der Waals surface area contributed by atoms with E-state index in [-0.39, 0.29) is 0 Å². The molecule has 2 rings (SSSR count). The summed E-state index contributed by atoms with van der Waals surface area (Å²) in [7, 11) is -2.61. The van der Waals surface area contributed by atoms with Crippen LogP contribution in [0.4, 0.5) is 0 Å². The molecule has 21 heavy (non-hydrogen) atoms. The van der Waals surface area contributed by atoms with Gasteiger partial charge in [0.15, 0.2) is 0 Å². The van der Waals surface area contributed by atoms with Gasteiger partial charge in [-0.3, -0.25) is 4.21 Å². The highest BCUT2D eigenvalue weighted by Crippen LogP contribution is 2.43. The molecule has 1 unspecified atom stereocenters. The Morgan fingerprint density at radius 2 is 1.24 bits per heavy atom. The molecule has 0 heterocycles. The SMILES string of the molecule is Cc1ccc(S(C)(C)[O-])cc1.Cc1ccc(S(C)=O)cc1. The first-order valence-electron chi connectivity index (χ1n) is 6.61. The third-order valence-electron chi connectivity index (χ3n) is 2.94. The van der Waals surface area contributed by atoms with Gasteiger partial charge in [0.25, 0.3) is 0 Å². The summed E-state index contributed by atoms with van der Waals surface area (Å²) in [5.41, 5.74) is 2.41. The van der Waals surface area contributed by atoms with Crippen molar-refractivity contribution in [2.24, 2.45) is 0 Å². The molecule has 0 radical (unpaired) electrons. The molecule has 2 aromatic rings. The Bertz CT molecular complexity index is 582. The van der Waals surface area contributed by atoms with Gasteiger partial charge in [0.1, 0.15) is 0 Å². The highest BCUT2D eigenvalue weighted by molar-refractivity contribution is 8.28. The predicted molar refractivity (Wildman–Crippen MR) is 93.2 cm³/mol. The van der Waals surface area contributed by atoms with E-state index in [2.05, 4.69) is 0 Å². The van der Waals surface area contributed by atoms with E-state index in [0.29, 0.717) is 0 Å². The molecule has 0 aromatic heterocycles. The van der Waals surface area contributed by atoms with Crippen molar-refractivity contribution < 1.29 is 8.76 Å². The lowest BCUT2D eigenvalue weighted by atomic mass is 10.2. The second-order valence-electron chi connectivity index (χ2n) is 5.31. The van der Waals surface area contributed by atoms with Gasteiger partial charge in [-0.15, -0.1) is 0 Å². The third-order valence-corrected chi connectivity index (χ3v) is 5.28. The van der Waals surface area contributed by atoms with Crippen molar-refractivity contribution >= 4 is 21.1 Å². The molecule has 0 spiro atoms. The van der Waals surface area contributed by atoms with Crippen LogP contribution < -0.4 is 0 Å². The van der Waals surface area contributed by atoms with E-state index in [1.165, 1.54) is 11.1 Å². The minimum absolute atomic E-state index is 0.837. The standard InChI is InChI=1S/C9H14OS.C8H10OS/c1-8-4-6-9(7-5-8)11(2,3)10;1-7-3-5-8(6-4-7)10(2)9/h4-7,10H,1-3H3;3-6H,1-2H3/p-1. The fourth-order valence-corrected chi connectivity index (χ4v) is 2.91. The molecule has 0 amide bonds. The Morgan fingerprint density at radius 1 is 0.857 bits per heavy atom. The van der Waals surface area contributed by atoms with Crippen LogP contribution in [0.2, 0.25) is 0 Å². The van der Waals surface area contributed by atoms with Crippen LogP contribution in [-0.4, -0.2) is 27.5 Å². The Balaban J connectivity index is 0.000000211. The molecule has 116 valence electrons. The van der Waals surface area contributed by atoms with E-state index in [1.807, 2.05) is 62.4 Å². The monoisotopic (exact) mass is 323 g/mol. The Labute approximate surface area is 132 Å². The first kappa shape index (κ1) is 18.0. The Morgan fingerprint density at radius 3 is 1.57 bits per heavy atom. The first-order chi connectivity index (χ1) is 9.70. The number of rotatable bonds is 2. The van der Waals surface area contributed by atoms with Gasteiger partial charge < -0.3 is 14.9 Å². The van der Waals surface area contributed by atoms with Gasteiger partial charge in [0, 0.05) is 22.0 Å². The van der Waals surface area contributed by atoms with Crippen LogP contribution in [0.15, 0.2) is 58.3 Å². The van der Waals surface area contributed by atoms with Crippen molar-refractivity contribution in [2.45, 2.75) is 23.6 Å². The zero-order valence-electron chi connectivity index (χ0n) is 13.3. The molecule has 4 heteroatoms. The van der Waals surface area contributed by atoms with Crippen molar-refractivity contribution in [3.63, 3.8) is 0 Å². The zero-order chi connectivity index (χ0) is 16.0. The summed E-state index contributed by atoms with van der Waals surface area (Å²) in [4.78, 5) is 1.83. The van der Waals surface area contributed by atoms with Gasteiger partial charge in [0.2, 0.25) is 0 Å². The lowest BCUT2D eigenvalue weighted by molar-refractivity contribution is 0.593. The van der Waals surface area contributed by atoms with Gasteiger partial charge in [-0.05, 0) is 43.4 Å². The van der Waals surface area contributed by atoms with Gasteiger partial charge >= 0.3 is 0 Å². The summed E-state index contributed by atoms with van der Waals surface area (Å²) in [6, 6.07) is 15.6. The molecule has 0 aliphatic rings. The summed E-state index contributed by atoms with van der Waals surface area (Å²) in [6.07, 6.45) is 5.21. The summed E-state index contributed by atoms with van der Waals surface area (Å²) < 4.78 is 22.4.